The van der Waals surface area contributed by atoms with Gasteiger partial charge in [0, 0.05) is 26.2 Å². The standard InChI is InChI=1S/C25H34N4O2S.ClH/c1-19(2)22-7-9-23(10-8-22)32(30,31)29-15-11-25(12-16-29)24(26-13-14-28-25)27-18-21-6-4-5-20(3)17-21;/h4-10,17,19,28H,11-16,18H2,1-3H3,(H,26,27);1H. The number of rotatable bonds is 5. The van der Waals surface area contributed by atoms with E-state index >= 15 is 0 Å². The van der Waals surface area contributed by atoms with Crippen molar-refractivity contribution in [2.45, 2.75) is 56.5 Å². The van der Waals surface area contributed by atoms with E-state index < -0.39 is 10.0 Å². The molecule has 0 saturated carbocycles. The number of halogens is 1. The first-order valence-corrected chi connectivity index (χ1v) is 12.9. The molecule has 4 rings (SSSR count). The zero-order chi connectivity index (χ0) is 22.8. The number of aryl methyl sites for hydroxylation is 1. The molecule has 6 nitrogen and oxygen atoms in total. The highest BCUT2D eigenvalue weighted by atomic mass is 35.5. The largest absolute Gasteiger partial charge is 0.368 e. The van der Waals surface area contributed by atoms with Crippen LogP contribution in [0.2, 0.25) is 0 Å². The zero-order valence-electron chi connectivity index (χ0n) is 19.7. The first-order chi connectivity index (χ1) is 15.3. The van der Waals surface area contributed by atoms with Crippen molar-refractivity contribution in [2.75, 3.05) is 26.2 Å². The highest BCUT2D eigenvalue weighted by Crippen LogP contribution is 2.29. The third-order valence-corrected chi connectivity index (χ3v) is 8.51. The van der Waals surface area contributed by atoms with Crippen LogP contribution in [0.1, 0.15) is 49.3 Å². The highest BCUT2D eigenvalue weighted by molar-refractivity contribution is 7.89. The molecule has 0 aromatic heterocycles. The summed E-state index contributed by atoms with van der Waals surface area (Å²) in [4.78, 5) is 5.17. The third kappa shape index (κ3) is 5.60. The number of nitrogens with zero attached hydrogens (tertiary/aromatic N) is 2. The Morgan fingerprint density at radius 2 is 1.82 bits per heavy atom. The van der Waals surface area contributed by atoms with E-state index in [2.05, 4.69) is 55.7 Å². The van der Waals surface area contributed by atoms with Crippen molar-refractivity contribution in [2.24, 2.45) is 4.99 Å². The van der Waals surface area contributed by atoms with Crippen molar-refractivity contribution in [3.8, 4) is 0 Å². The van der Waals surface area contributed by atoms with Gasteiger partial charge in [-0.2, -0.15) is 4.31 Å². The minimum absolute atomic E-state index is 0. The molecule has 8 heteroatoms. The summed E-state index contributed by atoms with van der Waals surface area (Å²) in [5.74, 6) is 1.34. The normalized spacial score (nSPS) is 18.6. The summed E-state index contributed by atoms with van der Waals surface area (Å²) < 4.78 is 28.1. The molecule has 0 unspecified atom stereocenters. The van der Waals surface area contributed by atoms with E-state index in [9.17, 15) is 8.42 Å². The smallest absolute Gasteiger partial charge is 0.243 e. The lowest BCUT2D eigenvalue weighted by Crippen LogP contribution is -2.64. The van der Waals surface area contributed by atoms with E-state index in [4.69, 9.17) is 4.99 Å². The number of piperidine rings is 1. The summed E-state index contributed by atoms with van der Waals surface area (Å²) in [6.45, 7) is 9.54. The van der Waals surface area contributed by atoms with Crippen LogP contribution in [0.15, 0.2) is 58.4 Å². The third-order valence-electron chi connectivity index (χ3n) is 6.60. The zero-order valence-corrected chi connectivity index (χ0v) is 21.3. The van der Waals surface area contributed by atoms with Crippen molar-refractivity contribution in [3.05, 3.63) is 65.2 Å². The van der Waals surface area contributed by atoms with Gasteiger partial charge in [0.05, 0.1) is 17.0 Å². The number of hydrogen-bond donors (Lipinski definition) is 2. The molecule has 2 aliphatic rings. The topological polar surface area (TPSA) is 73.8 Å². The minimum Gasteiger partial charge on any atom is -0.368 e. The summed E-state index contributed by atoms with van der Waals surface area (Å²) in [7, 11) is -3.49. The van der Waals surface area contributed by atoms with Crippen LogP contribution in [0.4, 0.5) is 0 Å². The Morgan fingerprint density at radius 1 is 1.12 bits per heavy atom. The fraction of sp³-hybridized carbons (Fsp3) is 0.480. The first-order valence-electron chi connectivity index (χ1n) is 11.5. The van der Waals surface area contributed by atoms with Gasteiger partial charge < -0.3 is 10.6 Å². The van der Waals surface area contributed by atoms with Gasteiger partial charge in [-0.05, 0) is 48.9 Å². The molecule has 2 aliphatic heterocycles. The number of sulfonamides is 1. The van der Waals surface area contributed by atoms with Crippen LogP contribution in [0.5, 0.6) is 0 Å². The molecule has 2 heterocycles. The maximum absolute atomic E-state index is 13.2. The lowest BCUT2D eigenvalue weighted by molar-refractivity contribution is 0.241. The molecule has 1 saturated heterocycles. The van der Waals surface area contributed by atoms with Crippen LogP contribution in [-0.2, 0) is 16.6 Å². The predicted octanol–water partition coefficient (Wildman–Crippen LogP) is 3.86. The molecular weight excluding hydrogens is 456 g/mol. The Morgan fingerprint density at radius 3 is 2.45 bits per heavy atom. The van der Waals surface area contributed by atoms with Crippen molar-refractivity contribution < 1.29 is 8.42 Å². The molecular formula is C25H35ClN4O2S. The molecule has 33 heavy (non-hydrogen) atoms. The average molecular weight is 491 g/mol. The van der Waals surface area contributed by atoms with E-state index in [1.54, 1.807) is 16.4 Å². The van der Waals surface area contributed by atoms with Crippen molar-refractivity contribution in [3.63, 3.8) is 0 Å². The Labute approximate surface area is 204 Å². The molecule has 2 N–H and O–H groups in total. The predicted molar refractivity (Wildman–Crippen MR) is 137 cm³/mol. The van der Waals surface area contributed by atoms with Crippen LogP contribution < -0.4 is 10.6 Å². The highest BCUT2D eigenvalue weighted by Gasteiger charge is 2.43. The summed E-state index contributed by atoms with van der Waals surface area (Å²) in [6, 6.07) is 15.8. The quantitative estimate of drug-likeness (QED) is 0.667. The Kier molecular flexibility index (Phi) is 8.22. The second-order valence-electron chi connectivity index (χ2n) is 9.21. The van der Waals surface area contributed by atoms with Gasteiger partial charge in [-0.3, -0.25) is 4.99 Å². The van der Waals surface area contributed by atoms with E-state index in [0.29, 0.717) is 43.3 Å². The van der Waals surface area contributed by atoms with E-state index in [-0.39, 0.29) is 17.9 Å². The Hall–Kier alpha value is -1.93. The van der Waals surface area contributed by atoms with Crippen LogP contribution >= 0.6 is 12.4 Å². The van der Waals surface area contributed by atoms with E-state index in [0.717, 1.165) is 24.5 Å². The number of amidine groups is 1. The maximum Gasteiger partial charge on any atom is 0.243 e. The van der Waals surface area contributed by atoms with Gasteiger partial charge in [-0.25, -0.2) is 8.42 Å². The van der Waals surface area contributed by atoms with Gasteiger partial charge >= 0.3 is 0 Å². The molecule has 1 fully saturated rings. The Balaban J connectivity index is 0.00000306. The minimum atomic E-state index is -3.49. The van der Waals surface area contributed by atoms with Crippen molar-refractivity contribution >= 4 is 28.3 Å². The monoisotopic (exact) mass is 490 g/mol. The average Bonchev–Trinajstić information content (AvgIpc) is 2.79. The van der Waals surface area contributed by atoms with Gasteiger partial charge in [0.1, 0.15) is 5.84 Å². The molecule has 2 aromatic rings. The first kappa shape index (κ1) is 25.7. The van der Waals surface area contributed by atoms with E-state index in [1.807, 2.05) is 12.1 Å². The second kappa shape index (κ2) is 10.6. The van der Waals surface area contributed by atoms with Gasteiger partial charge in [-0.1, -0.05) is 55.8 Å². The van der Waals surface area contributed by atoms with Gasteiger partial charge in [0.2, 0.25) is 10.0 Å². The molecule has 0 bridgehead atoms. The van der Waals surface area contributed by atoms with Crippen LogP contribution in [0.25, 0.3) is 0 Å². The summed E-state index contributed by atoms with van der Waals surface area (Å²) >= 11 is 0. The van der Waals surface area contributed by atoms with Gasteiger partial charge in [0.25, 0.3) is 0 Å². The van der Waals surface area contributed by atoms with Crippen LogP contribution in [-0.4, -0.2) is 50.3 Å². The summed E-state index contributed by atoms with van der Waals surface area (Å²) in [5.41, 5.74) is 3.32. The number of hydrogen-bond acceptors (Lipinski definition) is 5. The summed E-state index contributed by atoms with van der Waals surface area (Å²) in [6.07, 6.45) is 1.41. The van der Waals surface area contributed by atoms with Crippen molar-refractivity contribution in [1.29, 1.82) is 0 Å². The SMILES string of the molecule is Cc1cccc(CNC2=NCCNC23CCN(S(=O)(=O)c2ccc(C(C)C)cc2)CC3)c1.Cl. The number of nitrogens with one attached hydrogen (secondary N) is 2. The molecule has 0 atom stereocenters. The fourth-order valence-electron chi connectivity index (χ4n) is 4.63. The van der Waals surface area contributed by atoms with Crippen LogP contribution in [0, 0.1) is 6.92 Å². The number of benzene rings is 2. The van der Waals surface area contributed by atoms with Crippen molar-refractivity contribution in [1.82, 2.24) is 14.9 Å². The van der Waals surface area contributed by atoms with Gasteiger partial charge in [0.15, 0.2) is 0 Å². The lowest BCUT2D eigenvalue weighted by atomic mass is 9.85. The molecule has 2 aromatic carbocycles. The molecule has 180 valence electrons. The summed E-state index contributed by atoms with van der Waals surface area (Å²) in [5, 5.41) is 7.20. The molecule has 1 spiro atoms. The Bertz CT molecular complexity index is 1080. The molecule has 0 amide bonds. The maximum atomic E-state index is 13.2. The second-order valence-corrected chi connectivity index (χ2v) is 11.1. The fourth-order valence-corrected chi connectivity index (χ4v) is 6.07. The molecule has 0 aliphatic carbocycles. The van der Waals surface area contributed by atoms with E-state index in [1.165, 1.54) is 11.1 Å². The van der Waals surface area contributed by atoms with Crippen LogP contribution in [0.3, 0.4) is 0 Å². The van der Waals surface area contributed by atoms with Gasteiger partial charge in [-0.15, -0.1) is 12.4 Å². The molecule has 0 radical (unpaired) electrons. The number of aliphatic imine (C=N–C) groups is 1. The lowest BCUT2D eigenvalue weighted by Gasteiger charge is -2.44.